The van der Waals surface area contributed by atoms with Crippen LogP contribution in [0.15, 0.2) is 53.3 Å². The normalized spacial score (nSPS) is 12.1. The Morgan fingerprint density at radius 1 is 1.04 bits per heavy atom. The highest BCUT2D eigenvalue weighted by Gasteiger charge is 2.31. The lowest BCUT2D eigenvalue weighted by Crippen LogP contribution is -2.25. The number of fused-ring (bicyclic) bond motifs is 1. The summed E-state index contributed by atoms with van der Waals surface area (Å²) in [6.45, 7) is 3.59. The highest BCUT2D eigenvalue weighted by Crippen LogP contribution is 2.34. The number of halogens is 3. The van der Waals surface area contributed by atoms with E-state index in [0.717, 1.165) is 12.1 Å². The second-order valence-electron chi connectivity index (χ2n) is 5.80. The Kier molecular flexibility index (Phi) is 3.91. The zero-order chi connectivity index (χ0) is 17.5. The first-order chi connectivity index (χ1) is 11.3. The standard InChI is InChI=1S/C18H15F3N2O/c1-11(2)23-15-9-8-13(18(19,20)21)10-14(15)16(22-17(23)24)12-6-4-3-5-7-12/h3-11H,1-2H3. The molecule has 0 amide bonds. The van der Waals surface area contributed by atoms with Crippen LogP contribution in [0.5, 0.6) is 0 Å². The third kappa shape index (κ3) is 2.79. The van der Waals surface area contributed by atoms with Gasteiger partial charge in [0.25, 0.3) is 0 Å². The van der Waals surface area contributed by atoms with Crippen LogP contribution in [0.1, 0.15) is 25.5 Å². The van der Waals surface area contributed by atoms with Crippen LogP contribution in [-0.2, 0) is 6.18 Å². The maximum Gasteiger partial charge on any atom is 0.416 e. The molecule has 6 heteroatoms. The molecule has 0 unspecified atom stereocenters. The van der Waals surface area contributed by atoms with E-state index in [-0.39, 0.29) is 11.7 Å². The van der Waals surface area contributed by atoms with E-state index in [2.05, 4.69) is 4.98 Å². The molecule has 3 aromatic rings. The van der Waals surface area contributed by atoms with Crippen LogP contribution in [0.4, 0.5) is 13.2 Å². The van der Waals surface area contributed by atoms with E-state index in [1.54, 1.807) is 44.2 Å². The molecule has 1 heterocycles. The predicted octanol–water partition coefficient (Wildman–Crippen LogP) is 4.66. The maximum atomic E-state index is 13.1. The van der Waals surface area contributed by atoms with Gasteiger partial charge in [0, 0.05) is 17.0 Å². The van der Waals surface area contributed by atoms with Crippen LogP contribution in [0.25, 0.3) is 22.2 Å². The first kappa shape index (κ1) is 16.2. The van der Waals surface area contributed by atoms with Crippen LogP contribution < -0.4 is 5.69 Å². The Balaban J connectivity index is 2.43. The number of aromatic nitrogens is 2. The van der Waals surface area contributed by atoms with Gasteiger partial charge in [-0.1, -0.05) is 30.3 Å². The number of rotatable bonds is 2. The van der Waals surface area contributed by atoms with E-state index in [1.807, 2.05) is 0 Å². The SMILES string of the molecule is CC(C)n1c(=O)nc(-c2ccccc2)c2cc(C(F)(F)F)ccc21. The minimum absolute atomic E-state index is 0.214. The van der Waals surface area contributed by atoms with Gasteiger partial charge in [0.05, 0.1) is 16.8 Å². The van der Waals surface area contributed by atoms with Gasteiger partial charge in [0.1, 0.15) is 0 Å². The Hall–Kier alpha value is -2.63. The fraction of sp³-hybridized carbons (Fsp3) is 0.222. The Morgan fingerprint density at radius 3 is 2.29 bits per heavy atom. The molecular weight excluding hydrogens is 317 g/mol. The Bertz CT molecular complexity index is 944. The van der Waals surface area contributed by atoms with Crippen molar-refractivity contribution in [2.75, 3.05) is 0 Å². The highest BCUT2D eigenvalue weighted by atomic mass is 19.4. The molecule has 0 N–H and O–H groups in total. The molecule has 2 aromatic carbocycles. The second-order valence-corrected chi connectivity index (χ2v) is 5.80. The Labute approximate surface area is 136 Å². The van der Waals surface area contributed by atoms with Crippen molar-refractivity contribution in [2.45, 2.75) is 26.1 Å². The summed E-state index contributed by atoms with van der Waals surface area (Å²) < 4.78 is 40.7. The lowest BCUT2D eigenvalue weighted by atomic mass is 10.0. The molecule has 24 heavy (non-hydrogen) atoms. The van der Waals surface area contributed by atoms with Crippen LogP contribution in [-0.4, -0.2) is 9.55 Å². The summed E-state index contributed by atoms with van der Waals surface area (Å²) in [5.41, 5.74) is 0.0735. The van der Waals surface area contributed by atoms with Gasteiger partial charge in [-0.2, -0.15) is 18.2 Å². The average Bonchev–Trinajstić information content (AvgIpc) is 2.53. The minimum Gasteiger partial charge on any atom is -0.289 e. The van der Waals surface area contributed by atoms with E-state index < -0.39 is 17.4 Å². The zero-order valence-corrected chi connectivity index (χ0v) is 13.1. The molecule has 0 saturated heterocycles. The summed E-state index contributed by atoms with van der Waals surface area (Å²) >= 11 is 0. The molecule has 3 rings (SSSR count). The third-order valence-corrected chi connectivity index (χ3v) is 3.82. The minimum atomic E-state index is -4.46. The fourth-order valence-corrected chi connectivity index (χ4v) is 2.74. The van der Waals surface area contributed by atoms with E-state index in [1.165, 1.54) is 10.6 Å². The maximum absolute atomic E-state index is 13.1. The van der Waals surface area contributed by atoms with Gasteiger partial charge in [0.2, 0.25) is 0 Å². The van der Waals surface area contributed by atoms with Gasteiger partial charge in [-0.3, -0.25) is 4.57 Å². The molecule has 1 aromatic heterocycles. The fourth-order valence-electron chi connectivity index (χ4n) is 2.74. The highest BCUT2D eigenvalue weighted by molar-refractivity contribution is 5.93. The van der Waals surface area contributed by atoms with Crippen molar-refractivity contribution in [3.63, 3.8) is 0 Å². The van der Waals surface area contributed by atoms with Crippen LogP contribution in [0, 0.1) is 0 Å². The van der Waals surface area contributed by atoms with Crippen LogP contribution in [0.3, 0.4) is 0 Å². The summed E-state index contributed by atoms with van der Waals surface area (Å²) in [6.07, 6.45) is -4.46. The van der Waals surface area contributed by atoms with E-state index in [4.69, 9.17) is 0 Å². The number of benzene rings is 2. The van der Waals surface area contributed by atoms with Gasteiger partial charge in [-0.15, -0.1) is 0 Å². The van der Waals surface area contributed by atoms with Crippen molar-refractivity contribution in [1.29, 1.82) is 0 Å². The monoisotopic (exact) mass is 332 g/mol. The largest absolute Gasteiger partial charge is 0.416 e. The predicted molar refractivity (Wildman–Crippen MR) is 86.8 cm³/mol. The molecule has 0 spiro atoms. The van der Waals surface area contributed by atoms with Crippen molar-refractivity contribution >= 4 is 10.9 Å². The second kappa shape index (κ2) is 5.78. The molecule has 0 aliphatic heterocycles. The molecule has 124 valence electrons. The van der Waals surface area contributed by atoms with Crippen molar-refractivity contribution < 1.29 is 13.2 Å². The number of hydrogen-bond donors (Lipinski definition) is 0. The number of nitrogens with zero attached hydrogens (tertiary/aromatic N) is 2. The van der Waals surface area contributed by atoms with E-state index >= 15 is 0 Å². The lowest BCUT2D eigenvalue weighted by molar-refractivity contribution is -0.137. The molecule has 0 bridgehead atoms. The van der Waals surface area contributed by atoms with E-state index in [9.17, 15) is 18.0 Å². The lowest BCUT2D eigenvalue weighted by Gasteiger charge is -2.17. The molecule has 0 radical (unpaired) electrons. The van der Waals surface area contributed by atoms with Crippen LogP contribution >= 0.6 is 0 Å². The summed E-state index contributed by atoms with van der Waals surface area (Å²) in [4.78, 5) is 16.4. The quantitative estimate of drug-likeness (QED) is 0.684. The topological polar surface area (TPSA) is 34.9 Å². The summed E-state index contributed by atoms with van der Waals surface area (Å²) in [7, 11) is 0. The van der Waals surface area contributed by atoms with Gasteiger partial charge in [0.15, 0.2) is 0 Å². The van der Waals surface area contributed by atoms with Crippen LogP contribution in [0.2, 0.25) is 0 Å². The van der Waals surface area contributed by atoms with Gasteiger partial charge < -0.3 is 0 Å². The third-order valence-electron chi connectivity index (χ3n) is 3.82. The summed E-state index contributed by atoms with van der Waals surface area (Å²) in [5, 5.41) is 0.310. The average molecular weight is 332 g/mol. The summed E-state index contributed by atoms with van der Waals surface area (Å²) in [6, 6.07) is 11.9. The van der Waals surface area contributed by atoms with Crippen molar-refractivity contribution in [1.82, 2.24) is 9.55 Å². The van der Waals surface area contributed by atoms with Crippen molar-refractivity contribution in [3.05, 3.63) is 64.6 Å². The number of alkyl halides is 3. The van der Waals surface area contributed by atoms with Crippen molar-refractivity contribution in [3.8, 4) is 11.3 Å². The van der Waals surface area contributed by atoms with E-state index in [0.29, 0.717) is 16.5 Å². The zero-order valence-electron chi connectivity index (χ0n) is 13.1. The summed E-state index contributed by atoms with van der Waals surface area (Å²) in [5.74, 6) is 0. The van der Waals surface area contributed by atoms with Gasteiger partial charge in [-0.25, -0.2) is 4.79 Å². The number of hydrogen-bond acceptors (Lipinski definition) is 2. The molecule has 0 fully saturated rings. The smallest absolute Gasteiger partial charge is 0.289 e. The van der Waals surface area contributed by atoms with Crippen molar-refractivity contribution in [2.24, 2.45) is 0 Å². The van der Waals surface area contributed by atoms with Gasteiger partial charge >= 0.3 is 11.9 Å². The van der Waals surface area contributed by atoms with Gasteiger partial charge in [-0.05, 0) is 32.0 Å². The first-order valence-electron chi connectivity index (χ1n) is 7.48. The molecule has 3 nitrogen and oxygen atoms in total. The Morgan fingerprint density at radius 2 is 1.71 bits per heavy atom. The molecular formula is C18H15F3N2O. The molecule has 0 aliphatic carbocycles. The first-order valence-corrected chi connectivity index (χ1v) is 7.48. The molecule has 0 atom stereocenters. The molecule has 0 aliphatic rings. The molecule has 0 saturated carbocycles.